The van der Waals surface area contributed by atoms with Crippen molar-refractivity contribution >= 4 is 23.7 Å². The van der Waals surface area contributed by atoms with Gasteiger partial charge in [-0.05, 0) is 50.0 Å². The van der Waals surface area contributed by atoms with E-state index in [1.165, 1.54) is 11.1 Å². The molecule has 0 aliphatic heterocycles. The van der Waals surface area contributed by atoms with E-state index in [1.807, 2.05) is 76.2 Å². The van der Waals surface area contributed by atoms with Gasteiger partial charge >= 0.3 is 0 Å². The lowest BCUT2D eigenvalue weighted by molar-refractivity contribution is -0.115. The molecule has 0 fully saturated rings. The van der Waals surface area contributed by atoms with E-state index < -0.39 is 0 Å². The molecule has 0 aliphatic rings. The first kappa shape index (κ1) is 23.3. The fourth-order valence-electron chi connectivity index (χ4n) is 2.59. The van der Waals surface area contributed by atoms with Gasteiger partial charge in [-0.15, -0.1) is 0 Å². The average molecular weight is 377 g/mol. The zero-order chi connectivity index (χ0) is 20.8. The Morgan fingerprint density at radius 2 is 1.11 bits per heavy atom. The number of rotatable bonds is 8. The highest BCUT2D eigenvalue weighted by molar-refractivity contribution is 5.93. The fraction of sp³-hybridized carbons (Fsp3) is 0.308. The van der Waals surface area contributed by atoms with Gasteiger partial charge in [0.25, 0.3) is 0 Å². The average Bonchev–Trinajstić information content (AvgIpc) is 2.66. The number of carbonyl (C=O) groups excluding carboxylic acids is 2. The van der Waals surface area contributed by atoms with Gasteiger partial charge in [0, 0.05) is 12.8 Å². The lowest BCUT2D eigenvalue weighted by Crippen LogP contribution is -1.89. The molecule has 0 saturated heterocycles. The molecule has 0 atom stereocenters. The maximum atomic E-state index is 11.2. The number of aryl methyl sites for hydroxylation is 2. The zero-order valence-corrected chi connectivity index (χ0v) is 17.6. The maximum Gasteiger partial charge on any atom is 0.155 e. The molecule has 0 amide bonds. The number of carbonyl (C=O) groups is 2. The van der Waals surface area contributed by atoms with Gasteiger partial charge in [0.15, 0.2) is 11.6 Å². The van der Waals surface area contributed by atoms with Crippen molar-refractivity contribution in [2.75, 3.05) is 0 Å². The molecule has 0 heterocycles. The summed E-state index contributed by atoms with van der Waals surface area (Å²) in [5.41, 5.74) is 4.62. The van der Waals surface area contributed by atoms with Crippen LogP contribution in [0.1, 0.15) is 61.8 Å². The van der Waals surface area contributed by atoms with Crippen molar-refractivity contribution in [2.24, 2.45) is 0 Å². The van der Waals surface area contributed by atoms with Gasteiger partial charge < -0.3 is 0 Å². The molecular weight excluding hydrogens is 344 g/mol. The van der Waals surface area contributed by atoms with Crippen LogP contribution < -0.4 is 0 Å². The Kier molecular flexibility index (Phi) is 11.2. The molecule has 2 nitrogen and oxygen atoms in total. The highest BCUT2D eigenvalue weighted by atomic mass is 16.1. The van der Waals surface area contributed by atoms with E-state index in [0.29, 0.717) is 12.8 Å². The number of allylic oxidation sites excluding steroid dienone is 2. The maximum absolute atomic E-state index is 11.2. The molecule has 0 unspecified atom stereocenters. The van der Waals surface area contributed by atoms with Crippen LogP contribution in [0.15, 0.2) is 60.7 Å². The summed E-state index contributed by atoms with van der Waals surface area (Å²) in [6.07, 6.45) is 10.2. The van der Waals surface area contributed by atoms with E-state index in [9.17, 15) is 9.59 Å². The first-order chi connectivity index (χ1) is 13.4. The van der Waals surface area contributed by atoms with Crippen molar-refractivity contribution in [1.82, 2.24) is 0 Å². The number of benzene rings is 2. The second-order valence-electron chi connectivity index (χ2n) is 6.93. The predicted molar refractivity (Wildman–Crippen MR) is 120 cm³/mol. The van der Waals surface area contributed by atoms with Crippen LogP contribution in [0, 0.1) is 13.8 Å². The minimum absolute atomic E-state index is 0.203. The Hall–Kier alpha value is -2.74. The van der Waals surface area contributed by atoms with Crippen LogP contribution in [-0.2, 0) is 9.59 Å². The molecule has 28 heavy (non-hydrogen) atoms. The Balaban J connectivity index is 0.000000280. The molecule has 148 valence electrons. The summed E-state index contributed by atoms with van der Waals surface area (Å²) >= 11 is 0. The summed E-state index contributed by atoms with van der Waals surface area (Å²) in [5, 5.41) is 0. The molecular formula is C26H32O2. The predicted octanol–water partition coefficient (Wildman–Crippen LogP) is 6.75. The summed E-state index contributed by atoms with van der Waals surface area (Å²) in [6.45, 7) is 8.12. The van der Waals surface area contributed by atoms with Crippen LogP contribution in [-0.4, -0.2) is 11.6 Å². The van der Waals surface area contributed by atoms with E-state index in [0.717, 1.165) is 24.0 Å². The Morgan fingerprint density at radius 3 is 1.43 bits per heavy atom. The SMILES string of the molecule is CCCC(=O)C=Cc1cccc(C)c1.CCCC(=O)C=Cc1cccc(C)c1. The zero-order valence-electron chi connectivity index (χ0n) is 17.6. The molecule has 2 aromatic rings. The molecule has 0 saturated carbocycles. The molecule has 2 heteroatoms. The molecule has 0 radical (unpaired) electrons. The first-order valence-corrected chi connectivity index (χ1v) is 9.99. The molecule has 2 rings (SSSR count). The minimum Gasteiger partial charge on any atom is -0.295 e. The third-order valence-electron chi connectivity index (χ3n) is 4.00. The molecule has 2 aromatic carbocycles. The lowest BCUT2D eigenvalue weighted by atomic mass is 10.1. The van der Waals surface area contributed by atoms with Crippen LogP contribution in [0.4, 0.5) is 0 Å². The molecule has 0 N–H and O–H groups in total. The molecule has 0 aliphatic carbocycles. The van der Waals surface area contributed by atoms with Crippen LogP contribution in [0.25, 0.3) is 12.2 Å². The quantitative estimate of drug-likeness (QED) is 0.477. The van der Waals surface area contributed by atoms with Crippen molar-refractivity contribution in [1.29, 1.82) is 0 Å². The van der Waals surface area contributed by atoms with Crippen LogP contribution in [0.5, 0.6) is 0 Å². The largest absolute Gasteiger partial charge is 0.295 e. The van der Waals surface area contributed by atoms with Crippen LogP contribution in [0.2, 0.25) is 0 Å². The third kappa shape index (κ3) is 10.4. The van der Waals surface area contributed by atoms with E-state index >= 15 is 0 Å². The van der Waals surface area contributed by atoms with E-state index in [-0.39, 0.29) is 11.6 Å². The highest BCUT2D eigenvalue weighted by Crippen LogP contribution is 2.07. The van der Waals surface area contributed by atoms with Crippen molar-refractivity contribution in [2.45, 2.75) is 53.4 Å². The van der Waals surface area contributed by atoms with Gasteiger partial charge in [-0.2, -0.15) is 0 Å². The summed E-state index contributed by atoms with van der Waals surface area (Å²) in [7, 11) is 0. The molecule has 0 spiro atoms. The highest BCUT2D eigenvalue weighted by Gasteiger charge is 1.94. The Labute approximate surface area is 170 Å². The monoisotopic (exact) mass is 376 g/mol. The summed E-state index contributed by atoms with van der Waals surface area (Å²) in [6, 6.07) is 16.2. The number of hydrogen-bond acceptors (Lipinski definition) is 2. The summed E-state index contributed by atoms with van der Waals surface area (Å²) < 4.78 is 0. The van der Waals surface area contributed by atoms with Gasteiger partial charge in [-0.25, -0.2) is 0 Å². The van der Waals surface area contributed by atoms with Crippen molar-refractivity contribution in [3.8, 4) is 0 Å². The third-order valence-corrected chi connectivity index (χ3v) is 4.00. The smallest absolute Gasteiger partial charge is 0.155 e. The number of hydrogen-bond donors (Lipinski definition) is 0. The second kappa shape index (κ2) is 13.4. The van der Waals surface area contributed by atoms with Crippen molar-refractivity contribution < 1.29 is 9.59 Å². The fourth-order valence-corrected chi connectivity index (χ4v) is 2.59. The lowest BCUT2D eigenvalue weighted by Gasteiger charge is -1.95. The summed E-state index contributed by atoms with van der Waals surface area (Å²) in [4.78, 5) is 22.4. The topological polar surface area (TPSA) is 34.1 Å². The van der Waals surface area contributed by atoms with E-state index in [4.69, 9.17) is 0 Å². The van der Waals surface area contributed by atoms with Gasteiger partial charge in [0.1, 0.15) is 0 Å². The van der Waals surface area contributed by atoms with Crippen LogP contribution in [0.3, 0.4) is 0 Å². The van der Waals surface area contributed by atoms with Gasteiger partial charge in [0.05, 0.1) is 0 Å². The Morgan fingerprint density at radius 1 is 0.714 bits per heavy atom. The van der Waals surface area contributed by atoms with Crippen molar-refractivity contribution in [3.05, 3.63) is 82.9 Å². The normalized spacial score (nSPS) is 10.7. The summed E-state index contributed by atoms with van der Waals surface area (Å²) in [5.74, 6) is 0.406. The van der Waals surface area contributed by atoms with Crippen LogP contribution >= 0.6 is 0 Å². The van der Waals surface area contributed by atoms with Gasteiger partial charge in [-0.3, -0.25) is 9.59 Å². The molecule has 0 bridgehead atoms. The first-order valence-electron chi connectivity index (χ1n) is 9.99. The van der Waals surface area contributed by atoms with Gasteiger partial charge in [0.2, 0.25) is 0 Å². The second-order valence-corrected chi connectivity index (χ2v) is 6.93. The van der Waals surface area contributed by atoms with E-state index in [2.05, 4.69) is 12.1 Å². The Bertz CT molecular complexity index is 743. The van der Waals surface area contributed by atoms with E-state index in [1.54, 1.807) is 12.2 Å². The number of ketones is 2. The standard InChI is InChI=1S/2C13H16O/c2*1-3-5-13(14)9-8-12-7-4-6-11(2)10-12/h2*4,6-10H,3,5H2,1-2H3. The van der Waals surface area contributed by atoms with Crippen molar-refractivity contribution in [3.63, 3.8) is 0 Å². The van der Waals surface area contributed by atoms with Gasteiger partial charge in [-0.1, -0.05) is 85.7 Å². The minimum atomic E-state index is 0.203. The molecule has 0 aromatic heterocycles.